The highest BCUT2D eigenvalue weighted by Gasteiger charge is 2.26. The number of aromatic nitrogens is 2. The normalized spacial score (nSPS) is 16.8. The Kier molecular flexibility index (Phi) is 13.7. The van der Waals surface area contributed by atoms with E-state index in [1.54, 1.807) is 12.4 Å². The Balaban J connectivity index is 0.000000230. The number of nitrogens with one attached hydrogen (secondary N) is 1. The van der Waals surface area contributed by atoms with Crippen LogP contribution in [0.15, 0.2) is 49.1 Å². The standard InChI is InChI=1S/C18H28N2O3.C13H20N2O/c1-18(2,3)23-17(21)20-10-6-15(7-11-20)8-12-22-14-16-5-4-9-19-13-16;1-2-13(10-15-6-1)11-16-9-5-12-3-7-14-8-4-12/h4-5,9,13,15H,6-8,10-12,14H2,1-3H3;1-2,6,10,12,14H,3-5,7-9,11H2. The Labute approximate surface area is 234 Å². The Bertz CT molecular complexity index is 909. The number of amides is 1. The fourth-order valence-electron chi connectivity index (χ4n) is 4.75. The molecule has 0 atom stereocenters. The lowest BCUT2D eigenvalue weighted by Crippen LogP contribution is -2.41. The minimum atomic E-state index is -0.423. The van der Waals surface area contributed by atoms with Crippen LogP contribution < -0.4 is 5.32 Å². The van der Waals surface area contributed by atoms with Crippen LogP contribution in [0.1, 0.15) is 70.4 Å². The molecule has 216 valence electrons. The molecule has 0 aromatic carbocycles. The molecule has 0 aliphatic carbocycles. The largest absolute Gasteiger partial charge is 0.444 e. The third kappa shape index (κ3) is 13.4. The highest BCUT2D eigenvalue weighted by molar-refractivity contribution is 5.68. The van der Waals surface area contributed by atoms with Crippen molar-refractivity contribution in [1.82, 2.24) is 20.2 Å². The zero-order chi connectivity index (χ0) is 27.8. The summed E-state index contributed by atoms with van der Waals surface area (Å²) in [6, 6.07) is 7.94. The summed E-state index contributed by atoms with van der Waals surface area (Å²) in [7, 11) is 0. The summed E-state index contributed by atoms with van der Waals surface area (Å²) in [5.41, 5.74) is 1.84. The van der Waals surface area contributed by atoms with Crippen LogP contribution in [0.3, 0.4) is 0 Å². The third-order valence-electron chi connectivity index (χ3n) is 7.05. The number of carbonyl (C=O) groups is 1. The van der Waals surface area contributed by atoms with Gasteiger partial charge in [-0.1, -0.05) is 12.1 Å². The molecule has 2 aliphatic rings. The molecule has 39 heavy (non-hydrogen) atoms. The lowest BCUT2D eigenvalue weighted by atomic mass is 9.94. The van der Waals surface area contributed by atoms with Gasteiger partial charge in [-0.25, -0.2) is 4.79 Å². The molecule has 0 radical (unpaired) electrons. The van der Waals surface area contributed by atoms with Crippen molar-refractivity contribution in [3.8, 4) is 0 Å². The second-order valence-corrected chi connectivity index (χ2v) is 11.5. The first-order valence-electron chi connectivity index (χ1n) is 14.5. The van der Waals surface area contributed by atoms with E-state index >= 15 is 0 Å². The van der Waals surface area contributed by atoms with Crippen molar-refractivity contribution >= 4 is 6.09 Å². The molecule has 2 saturated heterocycles. The maximum Gasteiger partial charge on any atom is 0.410 e. The molecule has 1 amide bonds. The van der Waals surface area contributed by atoms with Gasteiger partial charge in [0.15, 0.2) is 0 Å². The van der Waals surface area contributed by atoms with E-state index in [0.717, 1.165) is 62.6 Å². The molecule has 0 saturated carbocycles. The van der Waals surface area contributed by atoms with Crippen LogP contribution in [0.2, 0.25) is 0 Å². The highest BCUT2D eigenvalue weighted by atomic mass is 16.6. The SMILES string of the molecule is CC(C)(C)OC(=O)N1CCC(CCOCc2cccnc2)CC1.c1cncc(COCCC2CCNCC2)c1. The monoisotopic (exact) mass is 540 g/mol. The molecular weight excluding hydrogens is 492 g/mol. The Hall–Kier alpha value is -2.55. The van der Waals surface area contributed by atoms with E-state index in [0.29, 0.717) is 19.1 Å². The van der Waals surface area contributed by atoms with Gasteiger partial charge >= 0.3 is 6.09 Å². The van der Waals surface area contributed by atoms with E-state index < -0.39 is 5.60 Å². The second kappa shape index (κ2) is 17.2. The minimum absolute atomic E-state index is 0.191. The number of carbonyl (C=O) groups excluding carboxylic acids is 1. The predicted octanol–water partition coefficient (Wildman–Crippen LogP) is 5.62. The first kappa shape index (κ1) is 31.0. The molecule has 0 unspecified atom stereocenters. The molecule has 0 spiro atoms. The molecule has 1 N–H and O–H groups in total. The summed E-state index contributed by atoms with van der Waals surface area (Å²) in [4.78, 5) is 22.0. The predicted molar refractivity (Wildman–Crippen MR) is 153 cm³/mol. The van der Waals surface area contributed by atoms with E-state index in [1.165, 1.54) is 32.4 Å². The molecule has 2 aromatic heterocycles. The summed E-state index contributed by atoms with van der Waals surface area (Å²) >= 11 is 0. The van der Waals surface area contributed by atoms with E-state index in [4.69, 9.17) is 14.2 Å². The van der Waals surface area contributed by atoms with Crippen molar-refractivity contribution in [2.45, 2.75) is 78.1 Å². The summed E-state index contributed by atoms with van der Waals surface area (Å²) in [5, 5.41) is 3.38. The number of nitrogens with zero attached hydrogens (tertiary/aromatic N) is 3. The van der Waals surface area contributed by atoms with Crippen LogP contribution in [-0.2, 0) is 27.4 Å². The van der Waals surface area contributed by atoms with Crippen LogP contribution in [0.5, 0.6) is 0 Å². The van der Waals surface area contributed by atoms with Crippen molar-refractivity contribution in [2.24, 2.45) is 11.8 Å². The number of rotatable bonds is 10. The number of hydrogen-bond acceptors (Lipinski definition) is 7. The maximum absolute atomic E-state index is 12.0. The fourth-order valence-corrected chi connectivity index (χ4v) is 4.75. The average molecular weight is 541 g/mol. The Morgan fingerprint density at radius 1 is 0.872 bits per heavy atom. The molecular formula is C31H48N4O4. The van der Waals surface area contributed by atoms with Gasteiger partial charge in [-0.15, -0.1) is 0 Å². The number of ether oxygens (including phenoxy) is 3. The Morgan fingerprint density at radius 3 is 1.85 bits per heavy atom. The van der Waals surface area contributed by atoms with E-state index in [1.807, 2.05) is 56.3 Å². The lowest BCUT2D eigenvalue weighted by molar-refractivity contribution is 0.0164. The van der Waals surface area contributed by atoms with E-state index in [-0.39, 0.29) is 6.09 Å². The van der Waals surface area contributed by atoms with Gasteiger partial charge in [0, 0.05) is 51.1 Å². The first-order chi connectivity index (χ1) is 18.9. The van der Waals surface area contributed by atoms with Gasteiger partial charge in [-0.3, -0.25) is 9.97 Å². The molecule has 8 nitrogen and oxygen atoms in total. The van der Waals surface area contributed by atoms with Crippen molar-refractivity contribution in [3.05, 3.63) is 60.2 Å². The fraction of sp³-hybridized carbons (Fsp3) is 0.645. The summed E-state index contributed by atoms with van der Waals surface area (Å²) in [6.07, 6.45) is 14.0. The molecule has 8 heteroatoms. The summed E-state index contributed by atoms with van der Waals surface area (Å²) < 4.78 is 16.8. The van der Waals surface area contributed by atoms with Crippen molar-refractivity contribution < 1.29 is 19.0 Å². The van der Waals surface area contributed by atoms with E-state index in [2.05, 4.69) is 21.4 Å². The number of likely N-dealkylation sites (tertiary alicyclic amines) is 1. The maximum atomic E-state index is 12.0. The number of hydrogen-bond donors (Lipinski definition) is 1. The van der Waals surface area contributed by atoms with Gasteiger partial charge in [-0.2, -0.15) is 0 Å². The van der Waals surface area contributed by atoms with Gasteiger partial charge < -0.3 is 24.4 Å². The highest BCUT2D eigenvalue weighted by Crippen LogP contribution is 2.22. The Morgan fingerprint density at radius 2 is 1.38 bits per heavy atom. The van der Waals surface area contributed by atoms with Gasteiger partial charge in [0.2, 0.25) is 0 Å². The van der Waals surface area contributed by atoms with Gasteiger partial charge in [0.1, 0.15) is 5.60 Å². The average Bonchev–Trinajstić information content (AvgIpc) is 2.95. The number of piperidine rings is 2. The quantitative estimate of drug-likeness (QED) is 0.391. The van der Waals surface area contributed by atoms with Crippen LogP contribution in [0, 0.1) is 11.8 Å². The van der Waals surface area contributed by atoms with Gasteiger partial charge in [0.05, 0.1) is 13.2 Å². The summed E-state index contributed by atoms with van der Waals surface area (Å²) in [6.45, 7) is 12.5. The molecule has 2 fully saturated rings. The smallest absolute Gasteiger partial charge is 0.410 e. The molecule has 2 aromatic rings. The topological polar surface area (TPSA) is 85.8 Å². The van der Waals surface area contributed by atoms with Gasteiger partial charge in [-0.05, 0) is 107 Å². The molecule has 2 aliphatic heterocycles. The van der Waals surface area contributed by atoms with Crippen LogP contribution >= 0.6 is 0 Å². The summed E-state index contributed by atoms with van der Waals surface area (Å²) in [5.74, 6) is 1.48. The molecule has 4 rings (SSSR count). The first-order valence-corrected chi connectivity index (χ1v) is 14.5. The van der Waals surface area contributed by atoms with Gasteiger partial charge in [0.25, 0.3) is 0 Å². The minimum Gasteiger partial charge on any atom is -0.444 e. The van der Waals surface area contributed by atoms with Crippen LogP contribution in [0.4, 0.5) is 4.79 Å². The second-order valence-electron chi connectivity index (χ2n) is 11.5. The van der Waals surface area contributed by atoms with Crippen molar-refractivity contribution in [3.63, 3.8) is 0 Å². The third-order valence-corrected chi connectivity index (χ3v) is 7.05. The van der Waals surface area contributed by atoms with E-state index in [9.17, 15) is 4.79 Å². The van der Waals surface area contributed by atoms with Crippen LogP contribution in [0.25, 0.3) is 0 Å². The molecule has 0 bridgehead atoms. The zero-order valence-corrected chi connectivity index (χ0v) is 24.1. The molecule has 4 heterocycles. The van der Waals surface area contributed by atoms with Crippen molar-refractivity contribution in [1.29, 1.82) is 0 Å². The lowest BCUT2D eigenvalue weighted by Gasteiger charge is -2.33. The number of pyridine rings is 2. The zero-order valence-electron chi connectivity index (χ0n) is 24.1. The van der Waals surface area contributed by atoms with Crippen molar-refractivity contribution in [2.75, 3.05) is 39.4 Å². The van der Waals surface area contributed by atoms with Crippen LogP contribution in [-0.4, -0.2) is 66.0 Å².